The van der Waals surface area contributed by atoms with Gasteiger partial charge in [-0.05, 0) is 43.2 Å². The van der Waals surface area contributed by atoms with Crippen molar-refractivity contribution in [2.45, 2.75) is 37.7 Å². The first-order chi connectivity index (χ1) is 13.8. The van der Waals surface area contributed by atoms with Crippen molar-refractivity contribution in [3.63, 3.8) is 0 Å². The summed E-state index contributed by atoms with van der Waals surface area (Å²) in [5.41, 5.74) is -0.384. The van der Waals surface area contributed by atoms with Crippen molar-refractivity contribution >= 4 is 10.9 Å². The second-order valence-corrected chi connectivity index (χ2v) is 6.92. The minimum absolute atomic E-state index is 0.0269. The lowest BCUT2D eigenvalue weighted by molar-refractivity contribution is -0.140. The van der Waals surface area contributed by atoms with Gasteiger partial charge in [0.05, 0.1) is 11.1 Å². The third kappa shape index (κ3) is 4.14. The van der Waals surface area contributed by atoms with E-state index in [1.807, 2.05) is 0 Å². The minimum Gasteiger partial charge on any atom is -0.490 e. The summed E-state index contributed by atoms with van der Waals surface area (Å²) < 4.78 is 71.4. The molecule has 0 aliphatic heterocycles. The number of nitrogens with zero attached hydrogens (tertiary/aromatic N) is 2. The Balaban J connectivity index is 1.34. The summed E-state index contributed by atoms with van der Waals surface area (Å²) in [5.74, 6) is -1.74. The number of fused-ring (bicyclic) bond motifs is 1. The van der Waals surface area contributed by atoms with Crippen LogP contribution in [-0.4, -0.2) is 22.1 Å². The first kappa shape index (κ1) is 19.5. The standard InChI is InChI=1S/C20H16F5N3O/c21-17-3-1-11-8-26-10-28-19(11)15(17)9-27-12-5-14(6-12)29-13-2-4-18(22)16(7-13)20(23,24)25/h1-4,7-8,10,12,14,27H,5-6,9H2. The Morgan fingerprint density at radius 1 is 1.07 bits per heavy atom. The van der Waals surface area contributed by atoms with Crippen LogP contribution in [0.1, 0.15) is 24.0 Å². The van der Waals surface area contributed by atoms with Crippen LogP contribution < -0.4 is 10.1 Å². The fourth-order valence-electron chi connectivity index (χ4n) is 3.32. The van der Waals surface area contributed by atoms with E-state index >= 15 is 0 Å². The van der Waals surface area contributed by atoms with E-state index in [0.29, 0.717) is 30.0 Å². The van der Waals surface area contributed by atoms with Crippen LogP contribution in [0, 0.1) is 11.6 Å². The zero-order valence-corrected chi connectivity index (χ0v) is 15.0. The lowest BCUT2D eigenvalue weighted by Gasteiger charge is -2.36. The van der Waals surface area contributed by atoms with Gasteiger partial charge in [-0.25, -0.2) is 18.7 Å². The summed E-state index contributed by atoms with van der Waals surface area (Å²) in [6.07, 6.45) is -1.02. The summed E-state index contributed by atoms with van der Waals surface area (Å²) in [6, 6.07) is 5.59. The third-order valence-electron chi connectivity index (χ3n) is 4.93. The van der Waals surface area contributed by atoms with Crippen molar-refractivity contribution in [3.05, 3.63) is 65.6 Å². The average Bonchev–Trinajstić information content (AvgIpc) is 2.65. The van der Waals surface area contributed by atoms with Crippen LogP contribution in [0.15, 0.2) is 42.9 Å². The Hall–Kier alpha value is -2.81. The zero-order valence-electron chi connectivity index (χ0n) is 15.0. The molecule has 4 nitrogen and oxygen atoms in total. The van der Waals surface area contributed by atoms with Crippen molar-refractivity contribution in [1.82, 2.24) is 15.3 Å². The molecule has 0 atom stereocenters. The summed E-state index contributed by atoms with van der Waals surface area (Å²) in [6.45, 7) is 0.256. The second-order valence-electron chi connectivity index (χ2n) is 6.92. The molecule has 1 N–H and O–H groups in total. The molecule has 1 fully saturated rings. The summed E-state index contributed by atoms with van der Waals surface area (Å²) >= 11 is 0. The van der Waals surface area contributed by atoms with E-state index in [9.17, 15) is 22.0 Å². The van der Waals surface area contributed by atoms with Crippen LogP contribution in [-0.2, 0) is 12.7 Å². The van der Waals surface area contributed by atoms with E-state index in [-0.39, 0.29) is 30.3 Å². The lowest BCUT2D eigenvalue weighted by Crippen LogP contribution is -2.46. The number of halogens is 5. The van der Waals surface area contributed by atoms with Gasteiger partial charge in [0.25, 0.3) is 0 Å². The highest BCUT2D eigenvalue weighted by Gasteiger charge is 2.35. The van der Waals surface area contributed by atoms with Crippen LogP contribution >= 0.6 is 0 Å². The highest BCUT2D eigenvalue weighted by Crippen LogP contribution is 2.35. The minimum atomic E-state index is -4.78. The fourth-order valence-corrected chi connectivity index (χ4v) is 3.32. The molecule has 4 rings (SSSR count). The van der Waals surface area contributed by atoms with Gasteiger partial charge in [-0.3, -0.25) is 0 Å². The van der Waals surface area contributed by atoms with Gasteiger partial charge in [-0.1, -0.05) is 0 Å². The number of hydrogen-bond acceptors (Lipinski definition) is 4. The molecule has 0 bridgehead atoms. The summed E-state index contributed by atoms with van der Waals surface area (Å²) in [5, 5.41) is 3.94. The first-order valence-corrected chi connectivity index (χ1v) is 8.95. The van der Waals surface area contributed by atoms with Gasteiger partial charge >= 0.3 is 6.18 Å². The predicted molar refractivity (Wildman–Crippen MR) is 95.2 cm³/mol. The monoisotopic (exact) mass is 409 g/mol. The molecule has 1 heterocycles. The van der Waals surface area contributed by atoms with Crippen LogP contribution in [0.25, 0.3) is 10.9 Å². The van der Waals surface area contributed by atoms with E-state index in [1.165, 1.54) is 18.5 Å². The van der Waals surface area contributed by atoms with Crippen molar-refractivity contribution in [2.75, 3.05) is 0 Å². The Kier molecular flexibility index (Phi) is 5.08. The smallest absolute Gasteiger partial charge is 0.419 e. The van der Waals surface area contributed by atoms with Crippen LogP contribution in [0.4, 0.5) is 22.0 Å². The van der Waals surface area contributed by atoms with Crippen molar-refractivity contribution < 1.29 is 26.7 Å². The van der Waals surface area contributed by atoms with Gasteiger partial charge in [0.1, 0.15) is 29.8 Å². The molecule has 1 aromatic heterocycles. The Labute approximate surface area is 162 Å². The van der Waals surface area contributed by atoms with E-state index in [1.54, 1.807) is 12.3 Å². The number of rotatable bonds is 5. The van der Waals surface area contributed by atoms with Crippen molar-refractivity contribution in [2.24, 2.45) is 0 Å². The van der Waals surface area contributed by atoms with Crippen LogP contribution in [0.5, 0.6) is 5.75 Å². The molecule has 1 saturated carbocycles. The number of nitrogens with one attached hydrogen (secondary N) is 1. The van der Waals surface area contributed by atoms with Gasteiger partial charge in [-0.15, -0.1) is 0 Å². The molecule has 0 radical (unpaired) electrons. The van der Waals surface area contributed by atoms with E-state index in [4.69, 9.17) is 4.74 Å². The van der Waals surface area contributed by atoms with Crippen LogP contribution in [0.2, 0.25) is 0 Å². The highest BCUT2D eigenvalue weighted by molar-refractivity contribution is 5.80. The van der Waals surface area contributed by atoms with Gasteiger partial charge in [-0.2, -0.15) is 13.2 Å². The lowest BCUT2D eigenvalue weighted by atomic mass is 9.89. The molecule has 9 heteroatoms. The molecule has 0 amide bonds. The molecular weight excluding hydrogens is 393 g/mol. The molecule has 29 heavy (non-hydrogen) atoms. The highest BCUT2D eigenvalue weighted by atomic mass is 19.4. The molecule has 0 spiro atoms. The molecule has 0 unspecified atom stereocenters. The molecule has 1 aliphatic rings. The number of aromatic nitrogens is 2. The number of alkyl halides is 3. The zero-order chi connectivity index (χ0) is 20.6. The van der Waals surface area contributed by atoms with Gasteiger partial charge < -0.3 is 10.1 Å². The Bertz CT molecular complexity index is 1030. The predicted octanol–water partition coefficient (Wildman–Crippen LogP) is 4.63. The molecule has 1 aliphatic carbocycles. The van der Waals surface area contributed by atoms with Crippen molar-refractivity contribution in [1.29, 1.82) is 0 Å². The normalized spacial score (nSPS) is 19.2. The van der Waals surface area contributed by atoms with Gasteiger partial charge in [0.2, 0.25) is 0 Å². The van der Waals surface area contributed by atoms with Gasteiger partial charge in [0.15, 0.2) is 0 Å². The summed E-state index contributed by atoms with van der Waals surface area (Å²) in [7, 11) is 0. The first-order valence-electron chi connectivity index (χ1n) is 8.95. The maximum Gasteiger partial charge on any atom is 0.419 e. The Morgan fingerprint density at radius 2 is 1.83 bits per heavy atom. The van der Waals surface area contributed by atoms with Crippen LogP contribution in [0.3, 0.4) is 0 Å². The van der Waals surface area contributed by atoms with E-state index in [0.717, 1.165) is 11.5 Å². The molecule has 3 aromatic rings. The maximum atomic E-state index is 14.2. The average molecular weight is 409 g/mol. The maximum absolute atomic E-state index is 14.2. The molecule has 2 aromatic carbocycles. The van der Waals surface area contributed by atoms with E-state index in [2.05, 4.69) is 15.3 Å². The molecule has 0 saturated heterocycles. The number of hydrogen-bond donors (Lipinski definition) is 1. The number of benzene rings is 2. The molecule has 152 valence electrons. The topological polar surface area (TPSA) is 47.0 Å². The summed E-state index contributed by atoms with van der Waals surface area (Å²) in [4.78, 5) is 8.05. The Morgan fingerprint density at radius 3 is 2.59 bits per heavy atom. The largest absolute Gasteiger partial charge is 0.490 e. The SMILES string of the molecule is Fc1ccc(OC2CC(NCc3c(F)ccc4cncnc34)C2)cc1C(F)(F)F. The second kappa shape index (κ2) is 7.55. The van der Waals surface area contributed by atoms with Gasteiger partial charge in [0, 0.05) is 29.7 Å². The number of ether oxygens (including phenoxy) is 1. The molecular formula is C20H16F5N3O. The quantitative estimate of drug-likeness (QED) is 0.625. The third-order valence-corrected chi connectivity index (χ3v) is 4.93. The fraction of sp³-hybridized carbons (Fsp3) is 0.300. The van der Waals surface area contributed by atoms with E-state index < -0.39 is 17.6 Å². The van der Waals surface area contributed by atoms with Crippen molar-refractivity contribution in [3.8, 4) is 5.75 Å².